The fourth-order valence-electron chi connectivity index (χ4n) is 1.29. The Morgan fingerprint density at radius 2 is 2.38 bits per heavy atom. The van der Waals surface area contributed by atoms with Crippen LogP contribution in [0.1, 0.15) is 5.56 Å². The highest BCUT2D eigenvalue weighted by molar-refractivity contribution is 7.99. The average Bonchev–Trinajstić information content (AvgIpc) is 2.75. The highest BCUT2D eigenvalue weighted by atomic mass is 35.5. The molecule has 0 aliphatic heterocycles. The lowest BCUT2D eigenvalue weighted by molar-refractivity contribution is 0.817. The van der Waals surface area contributed by atoms with Crippen molar-refractivity contribution in [3.63, 3.8) is 0 Å². The molecule has 4 nitrogen and oxygen atoms in total. The Bertz CT molecular complexity index is 458. The molecule has 0 unspecified atom stereocenters. The summed E-state index contributed by atoms with van der Waals surface area (Å²) in [6.07, 6.45) is 1.48. The predicted octanol–water partition coefficient (Wildman–Crippen LogP) is 2.33. The normalized spacial score (nSPS) is 10.6. The van der Waals surface area contributed by atoms with Gasteiger partial charge in [-0.15, -0.1) is 0 Å². The van der Waals surface area contributed by atoms with Crippen molar-refractivity contribution in [2.24, 2.45) is 0 Å². The second-order valence-electron chi connectivity index (χ2n) is 3.19. The molecule has 0 aliphatic carbocycles. The van der Waals surface area contributed by atoms with Gasteiger partial charge in [-0.25, -0.2) is 4.98 Å². The van der Waals surface area contributed by atoms with Crippen molar-refractivity contribution in [1.29, 1.82) is 0 Å². The minimum Gasteiger partial charge on any atom is -0.316 e. The van der Waals surface area contributed by atoms with Crippen molar-refractivity contribution in [3.05, 3.63) is 35.1 Å². The van der Waals surface area contributed by atoms with Crippen LogP contribution >= 0.6 is 23.4 Å². The Morgan fingerprint density at radius 1 is 1.50 bits per heavy atom. The molecule has 0 aliphatic rings. The van der Waals surface area contributed by atoms with Crippen molar-refractivity contribution < 1.29 is 0 Å². The van der Waals surface area contributed by atoms with Gasteiger partial charge >= 0.3 is 0 Å². The van der Waals surface area contributed by atoms with Crippen LogP contribution in [-0.4, -0.2) is 22.2 Å². The van der Waals surface area contributed by atoms with E-state index in [-0.39, 0.29) is 0 Å². The molecule has 0 fully saturated rings. The van der Waals surface area contributed by atoms with Gasteiger partial charge in [-0.1, -0.05) is 17.7 Å². The van der Waals surface area contributed by atoms with Gasteiger partial charge in [-0.3, -0.25) is 5.10 Å². The topological polar surface area (TPSA) is 53.6 Å². The monoisotopic (exact) mass is 254 g/mol. The van der Waals surface area contributed by atoms with Gasteiger partial charge in [0.25, 0.3) is 0 Å². The summed E-state index contributed by atoms with van der Waals surface area (Å²) in [5, 5.41) is 11.1. The molecular formula is C10H11ClN4S. The summed E-state index contributed by atoms with van der Waals surface area (Å²) >= 11 is 7.64. The van der Waals surface area contributed by atoms with E-state index in [0.717, 1.165) is 27.2 Å². The summed E-state index contributed by atoms with van der Waals surface area (Å²) in [7, 11) is 1.91. The van der Waals surface area contributed by atoms with Crippen LogP contribution in [0.4, 0.5) is 0 Å². The molecule has 6 heteroatoms. The number of benzene rings is 1. The van der Waals surface area contributed by atoms with E-state index in [9.17, 15) is 0 Å². The van der Waals surface area contributed by atoms with Crippen LogP contribution in [0.25, 0.3) is 0 Å². The number of nitrogens with one attached hydrogen (secondary N) is 2. The summed E-state index contributed by atoms with van der Waals surface area (Å²) < 4.78 is 0. The van der Waals surface area contributed by atoms with E-state index in [0.29, 0.717) is 0 Å². The Hall–Kier alpha value is -1.04. The van der Waals surface area contributed by atoms with Crippen LogP contribution in [-0.2, 0) is 6.54 Å². The molecule has 1 aromatic carbocycles. The van der Waals surface area contributed by atoms with Crippen molar-refractivity contribution in [2.45, 2.75) is 16.6 Å². The minimum absolute atomic E-state index is 0.731. The summed E-state index contributed by atoms with van der Waals surface area (Å²) in [5.74, 6) is 0. The molecule has 2 aromatic rings. The van der Waals surface area contributed by atoms with E-state index in [4.69, 9.17) is 11.6 Å². The summed E-state index contributed by atoms with van der Waals surface area (Å²) in [6.45, 7) is 0.812. The third-order valence-electron chi connectivity index (χ3n) is 1.98. The van der Waals surface area contributed by atoms with E-state index < -0.39 is 0 Å². The third kappa shape index (κ3) is 2.75. The molecule has 0 saturated heterocycles. The van der Waals surface area contributed by atoms with E-state index in [2.05, 4.69) is 20.5 Å². The smallest absolute Gasteiger partial charge is 0.188 e. The number of halogens is 1. The number of aromatic amines is 1. The van der Waals surface area contributed by atoms with Gasteiger partial charge in [-0.2, -0.15) is 5.10 Å². The van der Waals surface area contributed by atoms with Crippen molar-refractivity contribution >= 4 is 23.4 Å². The van der Waals surface area contributed by atoms with Crippen LogP contribution in [0.2, 0.25) is 5.02 Å². The average molecular weight is 255 g/mol. The van der Waals surface area contributed by atoms with Gasteiger partial charge in [-0.05, 0) is 36.5 Å². The summed E-state index contributed by atoms with van der Waals surface area (Å²) in [4.78, 5) is 5.01. The third-order valence-corrected chi connectivity index (χ3v) is 3.37. The number of aromatic nitrogens is 3. The maximum atomic E-state index is 6.17. The molecular weight excluding hydrogens is 244 g/mol. The molecule has 16 heavy (non-hydrogen) atoms. The number of rotatable bonds is 4. The fraction of sp³-hybridized carbons (Fsp3) is 0.200. The second kappa shape index (κ2) is 5.34. The predicted molar refractivity (Wildman–Crippen MR) is 64.7 cm³/mol. The lowest BCUT2D eigenvalue weighted by Crippen LogP contribution is -2.04. The van der Waals surface area contributed by atoms with Gasteiger partial charge in [0.05, 0.1) is 5.02 Å². The maximum Gasteiger partial charge on any atom is 0.188 e. The van der Waals surface area contributed by atoms with Gasteiger partial charge in [0.1, 0.15) is 6.33 Å². The first-order valence-electron chi connectivity index (χ1n) is 4.76. The molecule has 0 spiro atoms. The zero-order valence-electron chi connectivity index (χ0n) is 8.70. The number of hydrogen-bond donors (Lipinski definition) is 2. The minimum atomic E-state index is 0.731. The highest BCUT2D eigenvalue weighted by Crippen LogP contribution is 2.31. The Kier molecular flexibility index (Phi) is 3.82. The molecule has 0 bridgehead atoms. The van der Waals surface area contributed by atoms with Crippen LogP contribution in [0.3, 0.4) is 0 Å². The zero-order chi connectivity index (χ0) is 11.4. The molecule has 0 atom stereocenters. The lowest BCUT2D eigenvalue weighted by atomic mass is 10.2. The number of H-pyrrole nitrogens is 1. The van der Waals surface area contributed by atoms with Crippen molar-refractivity contribution in [3.8, 4) is 0 Å². The second-order valence-corrected chi connectivity index (χ2v) is 4.63. The lowest BCUT2D eigenvalue weighted by Gasteiger charge is -2.04. The first-order chi connectivity index (χ1) is 7.79. The van der Waals surface area contributed by atoms with E-state index in [1.165, 1.54) is 18.1 Å². The van der Waals surface area contributed by atoms with E-state index in [1.54, 1.807) is 0 Å². The van der Waals surface area contributed by atoms with Crippen molar-refractivity contribution in [2.75, 3.05) is 7.05 Å². The largest absolute Gasteiger partial charge is 0.316 e. The summed E-state index contributed by atoms with van der Waals surface area (Å²) in [5.41, 5.74) is 1.16. The van der Waals surface area contributed by atoms with Crippen LogP contribution in [0.15, 0.2) is 34.6 Å². The quantitative estimate of drug-likeness (QED) is 0.879. The van der Waals surface area contributed by atoms with E-state index in [1.807, 2.05) is 25.2 Å². The van der Waals surface area contributed by atoms with Gasteiger partial charge in [0.2, 0.25) is 0 Å². The fourth-order valence-corrected chi connectivity index (χ4v) is 2.31. The molecule has 0 amide bonds. The first-order valence-corrected chi connectivity index (χ1v) is 5.95. The van der Waals surface area contributed by atoms with Gasteiger partial charge in [0.15, 0.2) is 5.16 Å². The zero-order valence-corrected chi connectivity index (χ0v) is 10.3. The Morgan fingerprint density at radius 3 is 3.00 bits per heavy atom. The number of nitrogens with zero attached hydrogens (tertiary/aromatic N) is 2. The molecule has 0 radical (unpaired) electrons. The molecule has 2 N–H and O–H groups in total. The van der Waals surface area contributed by atoms with Gasteiger partial charge < -0.3 is 5.32 Å². The summed E-state index contributed by atoms with van der Waals surface area (Å²) in [6, 6.07) is 5.99. The van der Waals surface area contributed by atoms with E-state index >= 15 is 0 Å². The van der Waals surface area contributed by atoms with Gasteiger partial charge in [0, 0.05) is 11.4 Å². The molecule has 2 rings (SSSR count). The first kappa shape index (κ1) is 11.4. The van der Waals surface area contributed by atoms with Crippen LogP contribution < -0.4 is 5.32 Å². The SMILES string of the molecule is CNCc1ccc(Sc2ncn[nH]2)c(Cl)c1. The van der Waals surface area contributed by atoms with Crippen molar-refractivity contribution in [1.82, 2.24) is 20.5 Å². The standard InChI is InChI=1S/C10H11ClN4S/c1-12-5-7-2-3-9(8(11)4-7)16-10-13-6-14-15-10/h2-4,6,12H,5H2,1H3,(H,13,14,15). The molecule has 84 valence electrons. The highest BCUT2D eigenvalue weighted by Gasteiger charge is 2.05. The number of hydrogen-bond acceptors (Lipinski definition) is 4. The molecule has 1 aromatic heterocycles. The Labute approximate surface area is 103 Å². The van der Waals surface area contributed by atoms with Crippen LogP contribution in [0, 0.1) is 0 Å². The molecule has 1 heterocycles. The Balaban J connectivity index is 2.16. The van der Waals surface area contributed by atoms with Crippen LogP contribution in [0.5, 0.6) is 0 Å². The maximum absolute atomic E-state index is 6.17. The molecule has 0 saturated carbocycles.